The largest absolute Gasteiger partial charge is 0.497 e. The highest BCUT2D eigenvalue weighted by atomic mass is 79.9. The monoisotopic (exact) mass is 446 g/mol. The molecular weight excluding hydrogens is 424 g/mol. The van der Waals surface area contributed by atoms with Crippen LogP contribution in [0.2, 0.25) is 0 Å². The molecule has 1 heterocycles. The van der Waals surface area contributed by atoms with Gasteiger partial charge in [-0.3, -0.25) is 9.59 Å². The number of halogens is 1. The zero-order chi connectivity index (χ0) is 20.3. The Morgan fingerprint density at radius 1 is 1.29 bits per heavy atom. The van der Waals surface area contributed by atoms with Gasteiger partial charge in [0.15, 0.2) is 0 Å². The SMILES string of the molecule is COc1ccc2c(c1)OC[C@H](C(=O)N(C)CC(=O)Nc1ccc(Br)cc1C)C2. The van der Waals surface area contributed by atoms with Crippen molar-refractivity contribution in [3.8, 4) is 11.5 Å². The summed E-state index contributed by atoms with van der Waals surface area (Å²) < 4.78 is 11.9. The van der Waals surface area contributed by atoms with Crippen LogP contribution < -0.4 is 14.8 Å². The highest BCUT2D eigenvalue weighted by Gasteiger charge is 2.29. The molecule has 2 aromatic rings. The van der Waals surface area contributed by atoms with Crippen LogP contribution in [0.3, 0.4) is 0 Å². The zero-order valence-electron chi connectivity index (χ0n) is 16.1. The smallest absolute Gasteiger partial charge is 0.243 e. The van der Waals surface area contributed by atoms with E-state index in [1.54, 1.807) is 14.2 Å². The Balaban J connectivity index is 1.58. The molecule has 0 spiro atoms. The number of hydrogen-bond acceptors (Lipinski definition) is 4. The fourth-order valence-corrected chi connectivity index (χ4v) is 3.68. The molecule has 1 aliphatic heterocycles. The van der Waals surface area contributed by atoms with Crippen molar-refractivity contribution in [2.75, 3.05) is 32.6 Å². The molecule has 0 bridgehead atoms. The van der Waals surface area contributed by atoms with Gasteiger partial charge in [-0.25, -0.2) is 0 Å². The summed E-state index contributed by atoms with van der Waals surface area (Å²) in [5.41, 5.74) is 2.65. The van der Waals surface area contributed by atoms with E-state index in [0.717, 1.165) is 32.8 Å². The predicted molar refractivity (Wildman–Crippen MR) is 111 cm³/mol. The van der Waals surface area contributed by atoms with Crippen LogP contribution in [-0.2, 0) is 16.0 Å². The number of nitrogens with zero attached hydrogens (tertiary/aromatic N) is 1. The van der Waals surface area contributed by atoms with Crippen molar-refractivity contribution in [1.82, 2.24) is 4.90 Å². The molecule has 0 fully saturated rings. The Labute approximate surface area is 172 Å². The first kappa shape index (κ1) is 20.2. The van der Waals surface area contributed by atoms with Crippen LogP contribution in [0.25, 0.3) is 0 Å². The van der Waals surface area contributed by atoms with Crippen LogP contribution in [0.15, 0.2) is 40.9 Å². The van der Waals surface area contributed by atoms with E-state index in [1.165, 1.54) is 4.90 Å². The molecule has 2 aromatic carbocycles. The fourth-order valence-electron chi connectivity index (χ4n) is 3.20. The van der Waals surface area contributed by atoms with Gasteiger partial charge in [0.05, 0.1) is 19.6 Å². The number of amides is 2. The molecule has 0 aliphatic carbocycles. The van der Waals surface area contributed by atoms with Gasteiger partial charge >= 0.3 is 0 Å². The molecular formula is C21H23BrN2O4. The molecule has 0 saturated carbocycles. The van der Waals surface area contributed by atoms with Gasteiger partial charge in [0, 0.05) is 23.3 Å². The van der Waals surface area contributed by atoms with Gasteiger partial charge < -0.3 is 19.7 Å². The number of carbonyl (C=O) groups excluding carboxylic acids is 2. The van der Waals surface area contributed by atoms with Gasteiger partial charge in [0.2, 0.25) is 11.8 Å². The summed E-state index contributed by atoms with van der Waals surface area (Å²) in [7, 11) is 3.24. The van der Waals surface area contributed by atoms with Gasteiger partial charge in [0.1, 0.15) is 18.1 Å². The van der Waals surface area contributed by atoms with Gasteiger partial charge in [0.25, 0.3) is 0 Å². The van der Waals surface area contributed by atoms with Crippen LogP contribution in [0.4, 0.5) is 5.69 Å². The third kappa shape index (κ3) is 4.65. The van der Waals surface area contributed by atoms with E-state index in [4.69, 9.17) is 9.47 Å². The second-order valence-electron chi connectivity index (χ2n) is 6.89. The lowest BCUT2D eigenvalue weighted by atomic mass is 9.95. The first-order chi connectivity index (χ1) is 13.4. The number of rotatable bonds is 5. The zero-order valence-corrected chi connectivity index (χ0v) is 17.7. The number of aryl methyl sites for hydroxylation is 1. The molecule has 1 atom stereocenters. The molecule has 28 heavy (non-hydrogen) atoms. The standard InChI is InChI=1S/C21H23BrN2O4/c1-13-8-16(22)5-7-18(13)23-20(25)11-24(2)21(26)15-9-14-4-6-17(27-3)10-19(14)28-12-15/h4-8,10,15H,9,11-12H2,1-3H3,(H,23,25)/t15-/m1/s1. The molecule has 3 rings (SSSR count). The first-order valence-electron chi connectivity index (χ1n) is 8.98. The molecule has 1 N–H and O–H groups in total. The minimum absolute atomic E-state index is 0.0136. The van der Waals surface area contributed by atoms with Gasteiger partial charge in [-0.2, -0.15) is 0 Å². The number of benzene rings is 2. The maximum atomic E-state index is 12.8. The average molecular weight is 447 g/mol. The van der Waals surface area contributed by atoms with E-state index < -0.39 is 0 Å². The molecule has 0 radical (unpaired) electrons. The number of ether oxygens (including phenoxy) is 2. The highest BCUT2D eigenvalue weighted by Crippen LogP contribution is 2.31. The van der Waals surface area contributed by atoms with E-state index in [9.17, 15) is 9.59 Å². The van der Waals surface area contributed by atoms with Crippen LogP contribution >= 0.6 is 15.9 Å². The van der Waals surface area contributed by atoms with Crippen molar-refractivity contribution in [1.29, 1.82) is 0 Å². The second-order valence-corrected chi connectivity index (χ2v) is 7.80. The Morgan fingerprint density at radius 3 is 2.79 bits per heavy atom. The van der Waals surface area contributed by atoms with E-state index in [-0.39, 0.29) is 30.9 Å². The number of nitrogens with one attached hydrogen (secondary N) is 1. The fraction of sp³-hybridized carbons (Fsp3) is 0.333. The summed E-state index contributed by atoms with van der Waals surface area (Å²) in [6, 6.07) is 11.2. The van der Waals surface area contributed by atoms with Crippen LogP contribution in [0.1, 0.15) is 11.1 Å². The summed E-state index contributed by atoms with van der Waals surface area (Å²) >= 11 is 3.40. The van der Waals surface area contributed by atoms with Crippen molar-refractivity contribution in [2.24, 2.45) is 5.92 Å². The van der Waals surface area contributed by atoms with Crippen molar-refractivity contribution in [3.05, 3.63) is 52.0 Å². The lowest BCUT2D eigenvalue weighted by molar-refractivity contribution is -0.138. The van der Waals surface area contributed by atoms with Gasteiger partial charge in [-0.1, -0.05) is 22.0 Å². The number of carbonyl (C=O) groups is 2. The molecule has 6 nitrogen and oxygen atoms in total. The molecule has 0 saturated heterocycles. The summed E-state index contributed by atoms with van der Waals surface area (Å²) in [5.74, 6) is 0.815. The third-order valence-corrected chi connectivity index (χ3v) is 5.24. The second kappa shape index (κ2) is 8.65. The van der Waals surface area contributed by atoms with Gasteiger partial charge in [-0.05, 0) is 48.7 Å². The van der Waals surface area contributed by atoms with E-state index >= 15 is 0 Å². The molecule has 1 aliphatic rings. The number of likely N-dealkylation sites (N-methyl/N-ethyl adjacent to an activating group) is 1. The highest BCUT2D eigenvalue weighted by molar-refractivity contribution is 9.10. The topological polar surface area (TPSA) is 67.9 Å². The van der Waals surface area contributed by atoms with Gasteiger partial charge in [-0.15, -0.1) is 0 Å². The van der Waals surface area contributed by atoms with Crippen molar-refractivity contribution >= 4 is 33.4 Å². The van der Waals surface area contributed by atoms with E-state index in [2.05, 4.69) is 21.2 Å². The van der Waals surface area contributed by atoms with Crippen LogP contribution in [-0.4, -0.2) is 44.0 Å². The normalized spacial score (nSPS) is 15.2. The summed E-state index contributed by atoms with van der Waals surface area (Å²) in [4.78, 5) is 26.6. The maximum Gasteiger partial charge on any atom is 0.243 e. The maximum absolute atomic E-state index is 12.8. The van der Waals surface area contributed by atoms with Crippen LogP contribution in [0.5, 0.6) is 11.5 Å². The number of fused-ring (bicyclic) bond motifs is 1. The van der Waals surface area contributed by atoms with Crippen molar-refractivity contribution in [3.63, 3.8) is 0 Å². The van der Waals surface area contributed by atoms with E-state index in [1.807, 2.05) is 43.3 Å². The molecule has 2 amide bonds. The average Bonchev–Trinajstić information content (AvgIpc) is 2.68. The number of hydrogen-bond donors (Lipinski definition) is 1. The Bertz CT molecular complexity index is 900. The van der Waals surface area contributed by atoms with Crippen LogP contribution in [0, 0.1) is 12.8 Å². The third-order valence-electron chi connectivity index (χ3n) is 4.75. The summed E-state index contributed by atoms with van der Waals surface area (Å²) in [6.07, 6.45) is 0.579. The minimum Gasteiger partial charge on any atom is -0.497 e. The van der Waals surface area contributed by atoms with Crippen molar-refractivity contribution in [2.45, 2.75) is 13.3 Å². The molecule has 148 valence electrons. The molecule has 0 aromatic heterocycles. The summed E-state index contributed by atoms with van der Waals surface area (Å²) in [5, 5.41) is 2.86. The first-order valence-corrected chi connectivity index (χ1v) is 9.77. The number of methoxy groups -OCH3 is 1. The van der Waals surface area contributed by atoms with E-state index in [0.29, 0.717) is 6.42 Å². The lowest BCUT2D eigenvalue weighted by Gasteiger charge is -2.28. The predicted octanol–water partition coefficient (Wildman–Crippen LogP) is 3.41. The van der Waals surface area contributed by atoms with Crippen molar-refractivity contribution < 1.29 is 19.1 Å². The Hall–Kier alpha value is -2.54. The molecule has 7 heteroatoms. The quantitative estimate of drug-likeness (QED) is 0.763. The lowest BCUT2D eigenvalue weighted by Crippen LogP contribution is -2.42. The summed E-state index contributed by atoms with van der Waals surface area (Å²) in [6.45, 7) is 2.19. The Kier molecular flexibility index (Phi) is 6.24. The molecule has 0 unspecified atom stereocenters. The Morgan fingerprint density at radius 2 is 2.07 bits per heavy atom. The minimum atomic E-state index is -0.312. The number of anilines is 1.